The van der Waals surface area contributed by atoms with Crippen LogP contribution in [0.3, 0.4) is 0 Å². The third kappa shape index (κ3) is 2.44. The van der Waals surface area contributed by atoms with Crippen molar-refractivity contribution in [3.63, 3.8) is 0 Å². The van der Waals surface area contributed by atoms with E-state index in [0.29, 0.717) is 0 Å². The predicted molar refractivity (Wildman–Crippen MR) is 56.0 cm³/mol. The zero-order valence-corrected chi connectivity index (χ0v) is 8.42. The zero-order valence-electron chi connectivity index (χ0n) is 8.42. The lowest BCUT2D eigenvalue weighted by molar-refractivity contribution is 0.448. The summed E-state index contributed by atoms with van der Waals surface area (Å²) in [6.07, 6.45) is 2.56. The first-order valence-corrected chi connectivity index (χ1v) is 4.55. The molecule has 17 heavy (non-hydrogen) atoms. The smallest absolute Gasteiger partial charge is 0.194 e. The predicted octanol–water partition coefficient (Wildman–Crippen LogP) is 2.22. The van der Waals surface area contributed by atoms with Crippen LogP contribution in [0, 0.1) is 17.5 Å². The van der Waals surface area contributed by atoms with Gasteiger partial charge in [-0.15, -0.1) is 0 Å². The highest BCUT2D eigenvalue weighted by Crippen LogP contribution is 2.20. The van der Waals surface area contributed by atoms with Gasteiger partial charge in [0.1, 0.15) is 11.6 Å². The Morgan fingerprint density at radius 1 is 1.00 bits per heavy atom. The average molecular weight is 240 g/mol. The molecule has 88 valence electrons. The lowest BCUT2D eigenvalue weighted by Gasteiger charge is -2.06. The van der Waals surface area contributed by atoms with Gasteiger partial charge in [-0.3, -0.25) is 0 Å². The van der Waals surface area contributed by atoms with E-state index < -0.39 is 17.5 Å². The van der Waals surface area contributed by atoms with Crippen molar-refractivity contribution < 1.29 is 13.2 Å². The Hall–Kier alpha value is -2.31. The van der Waals surface area contributed by atoms with E-state index in [1.165, 1.54) is 12.4 Å². The van der Waals surface area contributed by atoms with Crippen molar-refractivity contribution in [3.05, 3.63) is 42.0 Å². The molecule has 0 spiro atoms. The molecule has 1 aromatic heterocycles. The molecule has 0 aliphatic carbocycles. The van der Waals surface area contributed by atoms with E-state index in [9.17, 15) is 13.2 Å². The van der Waals surface area contributed by atoms with E-state index in [0.717, 1.165) is 12.1 Å². The molecule has 3 N–H and O–H groups in total. The lowest BCUT2D eigenvalue weighted by Crippen LogP contribution is -1.99. The summed E-state index contributed by atoms with van der Waals surface area (Å²) in [7, 11) is 0. The number of rotatable bonds is 2. The van der Waals surface area contributed by atoms with Gasteiger partial charge in [0.05, 0.1) is 12.4 Å². The number of hydrogen-bond acceptors (Lipinski definition) is 4. The Morgan fingerprint density at radius 3 is 2.18 bits per heavy atom. The minimum Gasteiger partial charge on any atom is -0.382 e. The second-order valence-corrected chi connectivity index (χ2v) is 3.21. The molecule has 2 rings (SSSR count). The van der Waals surface area contributed by atoms with Crippen LogP contribution in [0.1, 0.15) is 0 Å². The quantitative estimate of drug-likeness (QED) is 0.790. The zero-order chi connectivity index (χ0) is 12.4. The van der Waals surface area contributed by atoms with Crippen LogP contribution in [-0.2, 0) is 0 Å². The number of nitrogens with one attached hydrogen (secondary N) is 1. The first-order chi connectivity index (χ1) is 8.06. The van der Waals surface area contributed by atoms with E-state index >= 15 is 0 Å². The highest BCUT2D eigenvalue weighted by Gasteiger charge is 2.10. The number of nitrogens with two attached hydrogens (primary N) is 1. The summed E-state index contributed by atoms with van der Waals surface area (Å²) >= 11 is 0. The Bertz CT molecular complexity index is 519. The molecule has 2 aromatic rings. The summed E-state index contributed by atoms with van der Waals surface area (Å²) < 4.78 is 38.5. The van der Waals surface area contributed by atoms with Crippen molar-refractivity contribution >= 4 is 17.3 Å². The van der Waals surface area contributed by atoms with Crippen LogP contribution in [0.25, 0.3) is 0 Å². The molecule has 0 bridgehead atoms. The Balaban J connectivity index is 2.27. The Morgan fingerprint density at radius 2 is 1.65 bits per heavy atom. The van der Waals surface area contributed by atoms with Gasteiger partial charge >= 0.3 is 0 Å². The summed E-state index contributed by atoms with van der Waals surface area (Å²) in [5.41, 5.74) is 5.35. The van der Waals surface area contributed by atoms with Crippen molar-refractivity contribution in [2.45, 2.75) is 0 Å². The summed E-state index contributed by atoms with van der Waals surface area (Å²) in [5.74, 6) is -3.62. The normalized spacial score (nSPS) is 10.3. The number of benzene rings is 1. The van der Waals surface area contributed by atoms with Crippen LogP contribution >= 0.6 is 0 Å². The molecule has 1 heterocycles. The maximum Gasteiger partial charge on any atom is 0.194 e. The van der Waals surface area contributed by atoms with E-state index in [4.69, 9.17) is 5.73 Å². The van der Waals surface area contributed by atoms with Gasteiger partial charge in [0.15, 0.2) is 17.5 Å². The van der Waals surface area contributed by atoms with E-state index in [-0.39, 0.29) is 17.3 Å². The van der Waals surface area contributed by atoms with Crippen molar-refractivity contribution in [2.75, 3.05) is 11.1 Å². The summed E-state index contributed by atoms with van der Waals surface area (Å²) in [6, 6.07) is 1.63. The molecule has 0 amide bonds. The molecule has 4 nitrogen and oxygen atoms in total. The molecule has 0 saturated carbocycles. The highest BCUT2D eigenvalue weighted by molar-refractivity contribution is 5.55. The van der Waals surface area contributed by atoms with Crippen molar-refractivity contribution in [3.8, 4) is 0 Å². The number of halogens is 3. The SMILES string of the molecule is Nc1cnc(Nc2cc(F)c(F)c(F)c2)cn1. The number of nitrogens with zero attached hydrogens (tertiary/aromatic N) is 2. The van der Waals surface area contributed by atoms with Gasteiger partial charge in [-0.25, -0.2) is 23.1 Å². The first kappa shape index (κ1) is 11.2. The molecule has 0 unspecified atom stereocenters. The molecular formula is C10H7F3N4. The van der Waals surface area contributed by atoms with Crippen LogP contribution < -0.4 is 11.1 Å². The summed E-state index contributed by atoms with van der Waals surface area (Å²) in [5, 5.41) is 2.56. The fraction of sp³-hybridized carbons (Fsp3) is 0. The Kier molecular flexibility index (Phi) is 2.82. The van der Waals surface area contributed by atoms with Crippen molar-refractivity contribution in [2.24, 2.45) is 0 Å². The van der Waals surface area contributed by atoms with E-state index in [1.54, 1.807) is 0 Å². The van der Waals surface area contributed by atoms with Crippen LogP contribution in [0.15, 0.2) is 24.5 Å². The molecule has 0 radical (unpaired) electrons. The molecule has 0 aliphatic heterocycles. The molecule has 0 atom stereocenters. The van der Waals surface area contributed by atoms with Gasteiger partial charge < -0.3 is 11.1 Å². The van der Waals surface area contributed by atoms with Gasteiger partial charge in [-0.1, -0.05) is 0 Å². The third-order valence-corrected chi connectivity index (χ3v) is 1.93. The van der Waals surface area contributed by atoms with Crippen LogP contribution in [-0.4, -0.2) is 9.97 Å². The third-order valence-electron chi connectivity index (χ3n) is 1.93. The van der Waals surface area contributed by atoms with Gasteiger partial charge in [-0.2, -0.15) is 0 Å². The second-order valence-electron chi connectivity index (χ2n) is 3.21. The fourth-order valence-corrected chi connectivity index (χ4v) is 1.18. The monoisotopic (exact) mass is 240 g/mol. The maximum atomic E-state index is 12.9. The van der Waals surface area contributed by atoms with Gasteiger partial charge in [0, 0.05) is 17.8 Å². The first-order valence-electron chi connectivity index (χ1n) is 4.55. The van der Waals surface area contributed by atoms with Gasteiger partial charge in [-0.05, 0) is 0 Å². The maximum absolute atomic E-state index is 12.9. The largest absolute Gasteiger partial charge is 0.382 e. The second kappa shape index (κ2) is 4.28. The fourth-order valence-electron chi connectivity index (χ4n) is 1.18. The summed E-state index contributed by atoms with van der Waals surface area (Å²) in [6.45, 7) is 0. The molecule has 7 heteroatoms. The van der Waals surface area contributed by atoms with Gasteiger partial charge in [0.2, 0.25) is 0 Å². The summed E-state index contributed by atoms with van der Waals surface area (Å²) in [4.78, 5) is 7.55. The van der Waals surface area contributed by atoms with Crippen molar-refractivity contribution in [1.29, 1.82) is 0 Å². The van der Waals surface area contributed by atoms with E-state index in [1.807, 2.05) is 0 Å². The number of aromatic nitrogens is 2. The lowest BCUT2D eigenvalue weighted by atomic mass is 10.3. The molecule has 0 fully saturated rings. The number of hydrogen-bond donors (Lipinski definition) is 2. The Labute approximate surface area is 94.3 Å². The molecule has 0 saturated heterocycles. The minimum absolute atomic E-state index is 0.0282. The van der Waals surface area contributed by atoms with Crippen LogP contribution in [0.4, 0.5) is 30.5 Å². The van der Waals surface area contributed by atoms with Crippen LogP contribution in [0.5, 0.6) is 0 Å². The minimum atomic E-state index is -1.51. The highest BCUT2D eigenvalue weighted by atomic mass is 19.2. The standard InChI is InChI=1S/C10H7F3N4/c11-6-1-5(2-7(12)10(6)13)17-9-4-15-8(14)3-16-9/h1-4H,(H2,14,15)(H,16,17). The van der Waals surface area contributed by atoms with Crippen molar-refractivity contribution in [1.82, 2.24) is 9.97 Å². The topological polar surface area (TPSA) is 63.8 Å². The van der Waals surface area contributed by atoms with E-state index in [2.05, 4.69) is 15.3 Å². The average Bonchev–Trinajstić information content (AvgIpc) is 2.29. The number of anilines is 3. The molecular weight excluding hydrogens is 233 g/mol. The van der Waals surface area contributed by atoms with Gasteiger partial charge in [0.25, 0.3) is 0 Å². The number of nitrogen functional groups attached to an aromatic ring is 1. The van der Waals surface area contributed by atoms with Crippen LogP contribution in [0.2, 0.25) is 0 Å². The molecule has 0 aliphatic rings. The molecule has 1 aromatic carbocycles.